The van der Waals surface area contributed by atoms with Crippen LogP contribution >= 0.6 is 0 Å². The van der Waals surface area contributed by atoms with Crippen molar-refractivity contribution < 1.29 is 5.21 Å². The molecule has 3 N–H and O–H groups in total. The first-order valence-electron chi connectivity index (χ1n) is 4.66. The zero-order valence-corrected chi connectivity index (χ0v) is 8.41. The monoisotopic (exact) mass is 214 g/mol. The highest BCUT2D eigenvalue weighted by Crippen LogP contribution is 2.13. The van der Waals surface area contributed by atoms with Crippen molar-refractivity contribution in [2.45, 2.75) is 0 Å². The summed E-state index contributed by atoms with van der Waals surface area (Å²) < 4.78 is 0. The van der Waals surface area contributed by atoms with Crippen molar-refractivity contribution in [1.82, 2.24) is 9.97 Å². The number of benzene rings is 1. The van der Waals surface area contributed by atoms with Gasteiger partial charge in [-0.15, -0.1) is 0 Å². The standard InChI is InChI=1S/C11H10N4O/c12-5-8(6-14-16)11-7-13-9-3-1-2-4-10(9)15-11/h1-7,16H,12H2. The molecule has 2 rings (SSSR count). The molecule has 1 aromatic carbocycles. The van der Waals surface area contributed by atoms with Gasteiger partial charge in [0.25, 0.3) is 0 Å². The summed E-state index contributed by atoms with van der Waals surface area (Å²) in [4.78, 5) is 8.58. The lowest BCUT2D eigenvalue weighted by Crippen LogP contribution is -1.96. The number of hydrogen-bond acceptors (Lipinski definition) is 5. The third kappa shape index (κ3) is 1.83. The zero-order chi connectivity index (χ0) is 11.4. The highest BCUT2D eigenvalue weighted by Gasteiger charge is 2.02. The zero-order valence-electron chi connectivity index (χ0n) is 8.41. The fraction of sp³-hybridized carbons (Fsp3) is 0. The van der Waals surface area contributed by atoms with Gasteiger partial charge in [-0.1, -0.05) is 17.3 Å². The van der Waals surface area contributed by atoms with Crippen molar-refractivity contribution in [2.75, 3.05) is 0 Å². The van der Waals surface area contributed by atoms with Gasteiger partial charge in [0.1, 0.15) is 0 Å². The average Bonchev–Trinajstić information content (AvgIpc) is 2.35. The molecule has 0 amide bonds. The quantitative estimate of drug-likeness (QED) is 0.449. The van der Waals surface area contributed by atoms with Crippen LogP contribution in [0.3, 0.4) is 0 Å². The molecule has 1 aromatic heterocycles. The molecule has 2 aromatic rings. The topological polar surface area (TPSA) is 84.4 Å². The molecule has 5 heteroatoms. The van der Waals surface area contributed by atoms with Gasteiger partial charge in [-0.3, -0.25) is 4.98 Å². The Hall–Kier alpha value is -2.43. The first kappa shape index (κ1) is 10.1. The smallest absolute Gasteiger partial charge is 0.0924 e. The number of allylic oxidation sites excluding steroid dienone is 1. The summed E-state index contributed by atoms with van der Waals surface area (Å²) in [5, 5.41) is 11.4. The molecule has 0 saturated carbocycles. The van der Waals surface area contributed by atoms with Crippen molar-refractivity contribution in [3.63, 3.8) is 0 Å². The van der Waals surface area contributed by atoms with E-state index in [9.17, 15) is 0 Å². The van der Waals surface area contributed by atoms with E-state index in [0.29, 0.717) is 11.3 Å². The minimum atomic E-state index is 0.515. The van der Waals surface area contributed by atoms with Crippen LogP contribution in [-0.2, 0) is 0 Å². The van der Waals surface area contributed by atoms with Gasteiger partial charge >= 0.3 is 0 Å². The normalized spacial score (nSPS) is 12.4. The second-order valence-electron chi connectivity index (χ2n) is 3.11. The number of rotatable bonds is 2. The molecule has 0 spiro atoms. The van der Waals surface area contributed by atoms with Crippen LogP contribution in [0.2, 0.25) is 0 Å². The lowest BCUT2D eigenvalue weighted by atomic mass is 10.2. The van der Waals surface area contributed by atoms with Gasteiger partial charge in [-0.05, 0) is 12.1 Å². The maximum atomic E-state index is 8.47. The Morgan fingerprint density at radius 1 is 1.31 bits per heavy atom. The molecule has 0 aliphatic rings. The first-order valence-corrected chi connectivity index (χ1v) is 4.66. The minimum absolute atomic E-state index is 0.515. The average molecular weight is 214 g/mol. The molecule has 1 heterocycles. The van der Waals surface area contributed by atoms with Crippen LogP contribution < -0.4 is 5.73 Å². The summed E-state index contributed by atoms with van der Waals surface area (Å²) in [5.74, 6) is 0. The Morgan fingerprint density at radius 2 is 2.06 bits per heavy atom. The van der Waals surface area contributed by atoms with E-state index >= 15 is 0 Å². The molecule has 0 atom stereocenters. The number of nitrogens with zero attached hydrogens (tertiary/aromatic N) is 3. The van der Waals surface area contributed by atoms with Crippen LogP contribution in [0.4, 0.5) is 0 Å². The molecule has 80 valence electrons. The second-order valence-corrected chi connectivity index (χ2v) is 3.11. The molecule has 0 saturated heterocycles. The van der Waals surface area contributed by atoms with Crippen LogP contribution in [0.1, 0.15) is 5.69 Å². The van der Waals surface area contributed by atoms with Crippen LogP contribution in [0, 0.1) is 0 Å². The van der Waals surface area contributed by atoms with Gasteiger partial charge in [0, 0.05) is 11.8 Å². The number of fused-ring (bicyclic) bond motifs is 1. The molecule has 0 aliphatic heterocycles. The van der Waals surface area contributed by atoms with Gasteiger partial charge < -0.3 is 10.9 Å². The number of nitrogens with two attached hydrogens (primary N) is 1. The van der Waals surface area contributed by atoms with Crippen molar-refractivity contribution in [1.29, 1.82) is 0 Å². The highest BCUT2D eigenvalue weighted by atomic mass is 16.4. The number of hydrogen-bond donors (Lipinski definition) is 2. The molecule has 0 radical (unpaired) electrons. The Balaban J connectivity index is 2.54. The van der Waals surface area contributed by atoms with Crippen molar-refractivity contribution in [2.24, 2.45) is 10.9 Å². The van der Waals surface area contributed by atoms with Gasteiger partial charge in [-0.25, -0.2) is 4.98 Å². The lowest BCUT2D eigenvalue weighted by Gasteiger charge is -2.01. The number of aromatic nitrogens is 2. The maximum Gasteiger partial charge on any atom is 0.0924 e. The lowest BCUT2D eigenvalue weighted by molar-refractivity contribution is 0.322. The van der Waals surface area contributed by atoms with Crippen molar-refractivity contribution in [3.05, 3.63) is 42.4 Å². The van der Waals surface area contributed by atoms with Crippen LogP contribution in [0.5, 0.6) is 0 Å². The third-order valence-electron chi connectivity index (χ3n) is 2.12. The van der Waals surface area contributed by atoms with Gasteiger partial charge in [-0.2, -0.15) is 0 Å². The summed E-state index contributed by atoms with van der Waals surface area (Å²) in [5.41, 5.74) is 8.06. The molecule has 0 bridgehead atoms. The summed E-state index contributed by atoms with van der Waals surface area (Å²) in [6, 6.07) is 7.51. The van der Waals surface area contributed by atoms with Crippen molar-refractivity contribution in [3.8, 4) is 0 Å². The Labute approximate surface area is 91.9 Å². The molecule has 16 heavy (non-hydrogen) atoms. The molecule has 0 fully saturated rings. The van der Waals surface area contributed by atoms with Crippen molar-refractivity contribution >= 4 is 22.8 Å². The van der Waals surface area contributed by atoms with E-state index in [1.54, 1.807) is 6.20 Å². The Bertz CT molecular complexity index is 563. The Morgan fingerprint density at radius 3 is 2.75 bits per heavy atom. The molecular weight excluding hydrogens is 204 g/mol. The number of oxime groups is 1. The van der Waals surface area contributed by atoms with E-state index < -0.39 is 0 Å². The highest BCUT2D eigenvalue weighted by molar-refractivity contribution is 6.08. The van der Waals surface area contributed by atoms with Gasteiger partial charge in [0.15, 0.2) is 0 Å². The summed E-state index contributed by atoms with van der Waals surface area (Å²) in [6.45, 7) is 0. The molecule has 5 nitrogen and oxygen atoms in total. The van der Waals surface area contributed by atoms with E-state index in [-0.39, 0.29) is 0 Å². The van der Waals surface area contributed by atoms with Gasteiger partial charge in [0.05, 0.1) is 29.1 Å². The van der Waals surface area contributed by atoms with Crippen LogP contribution in [-0.4, -0.2) is 21.4 Å². The molecular formula is C11H10N4O. The number of para-hydroxylation sites is 2. The molecule has 0 aliphatic carbocycles. The fourth-order valence-corrected chi connectivity index (χ4v) is 1.35. The Kier molecular flexibility index (Phi) is 2.77. The van der Waals surface area contributed by atoms with E-state index in [1.807, 2.05) is 24.3 Å². The largest absolute Gasteiger partial charge is 0.411 e. The van der Waals surface area contributed by atoms with Gasteiger partial charge in [0.2, 0.25) is 0 Å². The predicted molar refractivity (Wildman–Crippen MR) is 62.0 cm³/mol. The first-order chi connectivity index (χ1) is 7.85. The van der Waals surface area contributed by atoms with E-state index in [0.717, 1.165) is 11.0 Å². The SMILES string of the molecule is NC=C(C=NO)c1cnc2ccccc2n1. The third-order valence-corrected chi connectivity index (χ3v) is 2.12. The maximum absolute atomic E-state index is 8.47. The minimum Gasteiger partial charge on any atom is -0.411 e. The summed E-state index contributed by atoms with van der Waals surface area (Å²) >= 11 is 0. The fourth-order valence-electron chi connectivity index (χ4n) is 1.35. The van der Waals surface area contributed by atoms with E-state index in [4.69, 9.17) is 10.9 Å². The van der Waals surface area contributed by atoms with Crippen LogP contribution in [0.15, 0.2) is 41.8 Å². The van der Waals surface area contributed by atoms with E-state index in [2.05, 4.69) is 15.1 Å². The van der Waals surface area contributed by atoms with Crippen LogP contribution in [0.25, 0.3) is 16.6 Å². The predicted octanol–water partition coefficient (Wildman–Crippen LogP) is 1.39. The van der Waals surface area contributed by atoms with E-state index in [1.165, 1.54) is 12.4 Å². The second kappa shape index (κ2) is 4.39. The molecule has 0 unspecified atom stereocenters. The summed E-state index contributed by atoms with van der Waals surface area (Å²) in [6.07, 6.45) is 4.12. The summed E-state index contributed by atoms with van der Waals surface area (Å²) in [7, 11) is 0.